The third-order valence-electron chi connectivity index (χ3n) is 4.12. The van der Waals surface area contributed by atoms with Crippen molar-refractivity contribution in [2.24, 2.45) is 0 Å². The second kappa shape index (κ2) is 8.86. The monoisotopic (exact) mass is 389 g/mol. The summed E-state index contributed by atoms with van der Waals surface area (Å²) in [5.41, 5.74) is 0.486. The van der Waals surface area contributed by atoms with Crippen molar-refractivity contribution in [3.8, 4) is 0 Å². The van der Waals surface area contributed by atoms with Gasteiger partial charge in [0.15, 0.2) is 6.10 Å². The topological polar surface area (TPSA) is 105 Å². The fourth-order valence-electron chi connectivity index (χ4n) is 2.72. The van der Waals surface area contributed by atoms with Crippen LogP contribution in [0.5, 0.6) is 0 Å². The maximum atomic E-state index is 12.2. The first kappa shape index (κ1) is 21.4. The Labute approximate surface area is 164 Å². The summed E-state index contributed by atoms with van der Waals surface area (Å²) in [4.78, 5) is 49.6. The molecule has 1 aromatic rings. The molecule has 1 aliphatic rings. The quantitative estimate of drug-likeness (QED) is 0.769. The molecule has 8 heteroatoms. The molecule has 1 saturated heterocycles. The highest BCUT2D eigenvalue weighted by Crippen LogP contribution is 2.21. The van der Waals surface area contributed by atoms with Crippen LogP contribution in [-0.2, 0) is 14.3 Å². The van der Waals surface area contributed by atoms with Gasteiger partial charge >= 0.3 is 12.0 Å². The van der Waals surface area contributed by atoms with Gasteiger partial charge in [-0.15, -0.1) is 0 Å². The number of hydrogen-bond donors (Lipinski definition) is 2. The summed E-state index contributed by atoms with van der Waals surface area (Å²) in [5.74, 6) is -1.33. The van der Waals surface area contributed by atoms with Crippen molar-refractivity contribution in [3.63, 3.8) is 0 Å². The lowest BCUT2D eigenvalue weighted by molar-refractivity contribution is -0.128. The van der Waals surface area contributed by atoms with Crippen molar-refractivity contribution in [2.75, 3.05) is 11.4 Å². The van der Waals surface area contributed by atoms with Crippen molar-refractivity contribution >= 4 is 29.5 Å². The molecule has 2 N–H and O–H groups in total. The van der Waals surface area contributed by atoms with E-state index in [1.54, 1.807) is 49.9 Å². The maximum absolute atomic E-state index is 12.2. The van der Waals surface area contributed by atoms with Crippen LogP contribution in [0, 0.1) is 0 Å². The van der Waals surface area contributed by atoms with Gasteiger partial charge in [0.2, 0.25) is 5.91 Å². The van der Waals surface area contributed by atoms with E-state index in [-0.39, 0.29) is 11.5 Å². The Balaban J connectivity index is 1.92. The summed E-state index contributed by atoms with van der Waals surface area (Å²) in [5, 5.41) is 4.73. The van der Waals surface area contributed by atoms with Gasteiger partial charge in [-0.3, -0.25) is 14.9 Å². The minimum absolute atomic E-state index is 0.0698. The number of nitrogens with zero attached hydrogens (tertiary/aromatic N) is 1. The van der Waals surface area contributed by atoms with Gasteiger partial charge in [0.1, 0.15) is 0 Å². The Morgan fingerprint density at radius 3 is 2.32 bits per heavy atom. The fourth-order valence-corrected chi connectivity index (χ4v) is 2.72. The molecule has 0 saturated carbocycles. The van der Waals surface area contributed by atoms with E-state index in [9.17, 15) is 19.2 Å². The average Bonchev–Trinajstić information content (AvgIpc) is 2.60. The zero-order chi connectivity index (χ0) is 20.9. The highest BCUT2D eigenvalue weighted by atomic mass is 16.5. The molecule has 0 bridgehead atoms. The molecule has 0 aliphatic carbocycles. The standard InChI is InChI=1S/C20H27N3O5/c1-13(17(25)21-19(27)22-20(2,3)4)28-18(26)14-8-10-15(11-9-14)23-12-6-5-7-16(23)24/h8-11,13H,5-7,12H2,1-4H3,(H2,21,22,25,27). The van der Waals surface area contributed by atoms with Crippen LogP contribution in [0.1, 0.15) is 57.3 Å². The number of nitrogens with one attached hydrogen (secondary N) is 2. The first-order valence-corrected chi connectivity index (χ1v) is 9.31. The van der Waals surface area contributed by atoms with Gasteiger partial charge in [-0.2, -0.15) is 0 Å². The van der Waals surface area contributed by atoms with Gasteiger partial charge in [-0.1, -0.05) is 0 Å². The molecule has 0 radical (unpaired) electrons. The smallest absolute Gasteiger partial charge is 0.338 e. The second-order valence-electron chi connectivity index (χ2n) is 7.79. The van der Waals surface area contributed by atoms with Crippen LogP contribution in [0.2, 0.25) is 0 Å². The predicted molar refractivity (Wildman–Crippen MR) is 104 cm³/mol. The van der Waals surface area contributed by atoms with Crippen molar-refractivity contribution in [3.05, 3.63) is 29.8 Å². The summed E-state index contributed by atoms with van der Waals surface area (Å²) in [6.07, 6.45) is 1.24. The molecule has 0 aromatic heterocycles. The lowest BCUT2D eigenvalue weighted by Gasteiger charge is -2.26. The molecule has 28 heavy (non-hydrogen) atoms. The van der Waals surface area contributed by atoms with Crippen LogP contribution >= 0.6 is 0 Å². The first-order valence-electron chi connectivity index (χ1n) is 9.31. The van der Waals surface area contributed by atoms with Gasteiger partial charge in [0, 0.05) is 24.2 Å². The molecule has 0 spiro atoms. The highest BCUT2D eigenvalue weighted by Gasteiger charge is 2.23. The van der Waals surface area contributed by atoms with Crippen LogP contribution < -0.4 is 15.5 Å². The summed E-state index contributed by atoms with van der Waals surface area (Å²) in [7, 11) is 0. The number of amides is 4. The summed E-state index contributed by atoms with van der Waals surface area (Å²) in [6, 6.07) is 5.81. The third-order valence-corrected chi connectivity index (χ3v) is 4.12. The minimum atomic E-state index is -1.14. The molecule has 4 amide bonds. The largest absolute Gasteiger partial charge is 0.449 e. The Morgan fingerprint density at radius 1 is 1.11 bits per heavy atom. The minimum Gasteiger partial charge on any atom is -0.449 e. The van der Waals surface area contributed by atoms with Crippen LogP contribution in [-0.4, -0.2) is 42.0 Å². The summed E-state index contributed by atoms with van der Waals surface area (Å²) < 4.78 is 5.12. The molecule has 8 nitrogen and oxygen atoms in total. The lowest BCUT2D eigenvalue weighted by Crippen LogP contribution is -2.50. The Hall–Kier alpha value is -2.90. The number of anilines is 1. The molecule has 1 heterocycles. The summed E-state index contributed by atoms with van der Waals surface area (Å²) >= 11 is 0. The first-order chi connectivity index (χ1) is 13.1. The van der Waals surface area contributed by atoms with E-state index < -0.39 is 29.6 Å². The van der Waals surface area contributed by atoms with E-state index >= 15 is 0 Å². The molecule has 1 aromatic carbocycles. The van der Waals surface area contributed by atoms with Crippen LogP contribution in [0.3, 0.4) is 0 Å². The number of esters is 1. The molecule has 1 aliphatic heterocycles. The molecule has 1 atom stereocenters. The normalized spacial score (nSPS) is 15.6. The Morgan fingerprint density at radius 2 is 1.75 bits per heavy atom. The van der Waals surface area contributed by atoms with E-state index in [1.165, 1.54) is 6.92 Å². The maximum Gasteiger partial charge on any atom is 0.338 e. The number of carbonyl (C=O) groups is 4. The fraction of sp³-hybridized carbons (Fsp3) is 0.500. The van der Waals surface area contributed by atoms with Gasteiger partial charge in [0.05, 0.1) is 5.56 Å². The predicted octanol–water partition coefficient (Wildman–Crippen LogP) is 2.37. The van der Waals surface area contributed by atoms with Crippen LogP contribution in [0.4, 0.5) is 10.5 Å². The van der Waals surface area contributed by atoms with E-state index in [1.807, 2.05) is 0 Å². The highest BCUT2D eigenvalue weighted by molar-refractivity contribution is 5.99. The van der Waals surface area contributed by atoms with Gasteiger partial charge < -0.3 is 15.0 Å². The SMILES string of the molecule is CC(OC(=O)c1ccc(N2CCCCC2=O)cc1)C(=O)NC(=O)NC(C)(C)C. The zero-order valence-electron chi connectivity index (χ0n) is 16.7. The molecule has 152 valence electrons. The van der Waals surface area contributed by atoms with Crippen molar-refractivity contribution in [1.82, 2.24) is 10.6 Å². The molecule has 1 fully saturated rings. The van der Waals surface area contributed by atoms with Crippen LogP contribution in [0.25, 0.3) is 0 Å². The van der Waals surface area contributed by atoms with E-state index in [2.05, 4.69) is 10.6 Å². The molecular formula is C20H27N3O5. The van der Waals surface area contributed by atoms with E-state index in [0.717, 1.165) is 18.5 Å². The van der Waals surface area contributed by atoms with Gasteiger partial charge in [-0.05, 0) is 64.8 Å². The lowest BCUT2D eigenvalue weighted by atomic mass is 10.1. The summed E-state index contributed by atoms with van der Waals surface area (Å²) in [6.45, 7) is 7.39. The van der Waals surface area contributed by atoms with E-state index in [0.29, 0.717) is 13.0 Å². The van der Waals surface area contributed by atoms with Crippen molar-refractivity contribution < 1.29 is 23.9 Å². The third kappa shape index (κ3) is 6.07. The molecule has 2 rings (SSSR count). The van der Waals surface area contributed by atoms with Crippen molar-refractivity contribution in [2.45, 2.75) is 58.6 Å². The van der Waals surface area contributed by atoms with Gasteiger partial charge in [0.25, 0.3) is 5.91 Å². The second-order valence-corrected chi connectivity index (χ2v) is 7.79. The number of imide groups is 1. The molecule has 1 unspecified atom stereocenters. The molecular weight excluding hydrogens is 362 g/mol. The Bertz CT molecular complexity index is 752. The van der Waals surface area contributed by atoms with Crippen LogP contribution in [0.15, 0.2) is 24.3 Å². The average molecular weight is 389 g/mol. The number of benzene rings is 1. The van der Waals surface area contributed by atoms with E-state index in [4.69, 9.17) is 4.74 Å². The Kier molecular flexibility index (Phi) is 6.77. The number of urea groups is 1. The number of piperidine rings is 1. The number of hydrogen-bond acceptors (Lipinski definition) is 5. The van der Waals surface area contributed by atoms with Gasteiger partial charge in [-0.25, -0.2) is 9.59 Å². The number of carbonyl (C=O) groups excluding carboxylic acids is 4. The van der Waals surface area contributed by atoms with Crippen molar-refractivity contribution in [1.29, 1.82) is 0 Å². The number of rotatable bonds is 4. The number of ether oxygens (including phenoxy) is 1. The zero-order valence-corrected chi connectivity index (χ0v) is 16.7.